The summed E-state index contributed by atoms with van der Waals surface area (Å²) in [5.41, 5.74) is 1.24. The van der Waals surface area contributed by atoms with E-state index in [2.05, 4.69) is 6.07 Å². The van der Waals surface area contributed by atoms with Crippen molar-refractivity contribution in [2.24, 2.45) is 0 Å². The summed E-state index contributed by atoms with van der Waals surface area (Å²) in [4.78, 5) is 0. The molecule has 0 N–H and O–H groups in total. The van der Waals surface area contributed by atoms with Gasteiger partial charge in [0.1, 0.15) is 5.76 Å². The third-order valence-electron chi connectivity index (χ3n) is 2.37. The molecule has 3 rings (SSSR count). The van der Waals surface area contributed by atoms with Crippen LogP contribution in [0.4, 0.5) is 0 Å². The molecule has 3 heteroatoms. The molecular weight excluding hydrogens is 203 g/mol. The number of allylic oxidation sites excluding steroid dienone is 1. The lowest BCUT2D eigenvalue weighted by Gasteiger charge is -2.12. The molecule has 1 unspecified atom stereocenters. The molecule has 0 aromatic heterocycles. The fraction of sp³-hybridized carbons (Fsp3) is 0.200. The Morgan fingerprint density at radius 2 is 2.15 bits per heavy atom. The largest absolute Gasteiger partial charge is 0.454 e. The van der Waals surface area contributed by atoms with Gasteiger partial charge in [0.05, 0.1) is 0 Å². The highest BCUT2D eigenvalue weighted by Gasteiger charge is 2.40. The maximum atomic E-state index is 6.13. The van der Waals surface area contributed by atoms with E-state index in [1.54, 1.807) is 0 Å². The number of hydrogen-bond acceptors (Lipinski definition) is 1. The Morgan fingerprint density at radius 1 is 1.31 bits per heavy atom. The van der Waals surface area contributed by atoms with Gasteiger partial charge in [-0.2, -0.15) is 0 Å². The average molecular weight is 211 g/mol. The summed E-state index contributed by atoms with van der Waals surface area (Å²) in [7, 11) is -0.223. The molecule has 2 aliphatic rings. The molecule has 1 aromatic carbocycles. The molecule has 2 heterocycles. The first-order chi connectivity index (χ1) is 6.36. The highest BCUT2D eigenvalue weighted by Crippen LogP contribution is 2.62. The maximum absolute atomic E-state index is 6.13. The minimum Gasteiger partial charge on any atom is -0.454 e. The van der Waals surface area contributed by atoms with Gasteiger partial charge in [-0.1, -0.05) is 29.8 Å². The quantitative estimate of drug-likeness (QED) is 0.649. The van der Waals surface area contributed by atoms with E-state index in [0.29, 0.717) is 0 Å². The fourth-order valence-electron chi connectivity index (χ4n) is 1.67. The van der Waals surface area contributed by atoms with Crippen molar-refractivity contribution in [1.29, 1.82) is 0 Å². The van der Waals surface area contributed by atoms with E-state index in [1.807, 2.05) is 18.2 Å². The van der Waals surface area contributed by atoms with Crippen LogP contribution in [0.25, 0.3) is 0 Å². The molecule has 0 radical (unpaired) electrons. The maximum Gasteiger partial charge on any atom is 0.168 e. The van der Waals surface area contributed by atoms with Crippen LogP contribution < -0.4 is 5.30 Å². The van der Waals surface area contributed by atoms with Gasteiger partial charge in [0.25, 0.3) is 0 Å². The highest BCUT2D eigenvalue weighted by atomic mass is 35.5. The minimum atomic E-state index is -0.223. The van der Waals surface area contributed by atoms with Crippen LogP contribution in [0.3, 0.4) is 0 Å². The van der Waals surface area contributed by atoms with Crippen molar-refractivity contribution >= 4 is 24.8 Å². The molecule has 1 nitrogen and oxygen atoms in total. The molecule has 1 atom stereocenters. The lowest BCUT2D eigenvalue weighted by molar-refractivity contribution is 0.472. The van der Waals surface area contributed by atoms with Crippen LogP contribution in [0.2, 0.25) is 5.02 Å². The van der Waals surface area contributed by atoms with Crippen molar-refractivity contribution in [3.8, 4) is 0 Å². The number of benzene rings is 1. The van der Waals surface area contributed by atoms with Crippen LogP contribution in [0.5, 0.6) is 0 Å². The normalized spacial score (nSPS) is 24.2. The number of hydrogen-bond donors (Lipinski definition) is 0. The average Bonchev–Trinajstić information content (AvgIpc) is 2.81. The van der Waals surface area contributed by atoms with Gasteiger partial charge in [0.2, 0.25) is 0 Å². The Morgan fingerprint density at radius 3 is 2.77 bits per heavy atom. The van der Waals surface area contributed by atoms with Crippen molar-refractivity contribution in [1.82, 2.24) is 0 Å². The summed E-state index contributed by atoms with van der Waals surface area (Å²) < 4.78 is 5.38. The molecule has 0 spiro atoms. The number of rotatable bonds is 1. The summed E-state index contributed by atoms with van der Waals surface area (Å²) >= 11 is 6.13. The SMILES string of the molecule is Clc1ccccc1P1CCC2=C1O2. The molecule has 13 heavy (non-hydrogen) atoms. The van der Waals surface area contributed by atoms with Gasteiger partial charge in [-0.15, -0.1) is 0 Å². The third kappa shape index (κ3) is 1.19. The zero-order valence-corrected chi connectivity index (χ0v) is 8.61. The van der Waals surface area contributed by atoms with E-state index >= 15 is 0 Å². The Labute approximate surface area is 83.1 Å². The zero-order chi connectivity index (χ0) is 8.84. The Balaban J connectivity index is 2.01. The minimum absolute atomic E-state index is 0.223. The van der Waals surface area contributed by atoms with Crippen LogP contribution in [-0.2, 0) is 4.74 Å². The van der Waals surface area contributed by atoms with E-state index in [4.69, 9.17) is 16.3 Å². The molecule has 0 aliphatic carbocycles. The Bertz CT molecular complexity index is 400. The molecular formula is C10H8ClOP. The van der Waals surface area contributed by atoms with Crippen molar-refractivity contribution in [2.75, 3.05) is 6.16 Å². The second kappa shape index (κ2) is 2.73. The predicted octanol–water partition coefficient (Wildman–Crippen LogP) is 3.05. The van der Waals surface area contributed by atoms with Crippen LogP contribution in [0.15, 0.2) is 35.5 Å². The van der Waals surface area contributed by atoms with Gasteiger partial charge in [0, 0.05) is 24.7 Å². The van der Waals surface area contributed by atoms with Crippen molar-refractivity contribution in [3.05, 3.63) is 40.5 Å². The molecule has 0 amide bonds. The summed E-state index contributed by atoms with van der Waals surface area (Å²) in [6, 6.07) is 8.09. The Kier molecular flexibility index (Phi) is 1.65. The van der Waals surface area contributed by atoms with E-state index in [-0.39, 0.29) is 7.92 Å². The molecule has 0 saturated carbocycles. The summed E-state index contributed by atoms with van der Waals surface area (Å²) in [5, 5.41) is 2.17. The van der Waals surface area contributed by atoms with Crippen molar-refractivity contribution in [2.45, 2.75) is 6.42 Å². The molecule has 66 valence electrons. The van der Waals surface area contributed by atoms with E-state index < -0.39 is 0 Å². The first-order valence-electron chi connectivity index (χ1n) is 4.29. The summed E-state index contributed by atoms with van der Waals surface area (Å²) in [5.74, 6) is 1.23. The third-order valence-corrected chi connectivity index (χ3v) is 5.30. The topological polar surface area (TPSA) is 12.5 Å². The lowest BCUT2D eigenvalue weighted by Crippen LogP contribution is -2.03. The fourth-order valence-corrected chi connectivity index (χ4v) is 4.43. The first kappa shape index (κ1) is 7.84. The van der Waals surface area contributed by atoms with E-state index in [0.717, 1.165) is 11.4 Å². The number of ether oxygens (including phenoxy) is 1. The second-order valence-corrected chi connectivity index (χ2v) is 5.78. The van der Waals surface area contributed by atoms with E-state index in [9.17, 15) is 0 Å². The van der Waals surface area contributed by atoms with E-state index in [1.165, 1.54) is 22.7 Å². The molecule has 0 bridgehead atoms. The molecule has 0 fully saturated rings. The monoisotopic (exact) mass is 210 g/mol. The van der Waals surface area contributed by atoms with Gasteiger partial charge >= 0.3 is 0 Å². The predicted molar refractivity (Wildman–Crippen MR) is 55.6 cm³/mol. The highest BCUT2D eigenvalue weighted by molar-refractivity contribution is 7.70. The van der Waals surface area contributed by atoms with Gasteiger partial charge < -0.3 is 4.74 Å². The Hall–Kier alpha value is -0.520. The first-order valence-corrected chi connectivity index (χ1v) is 6.20. The summed E-state index contributed by atoms with van der Waals surface area (Å²) in [6.45, 7) is 0. The molecule has 0 saturated heterocycles. The molecule has 1 aromatic rings. The molecule has 2 aliphatic heterocycles. The number of halogens is 1. The summed E-state index contributed by atoms with van der Waals surface area (Å²) in [6.07, 6.45) is 2.34. The van der Waals surface area contributed by atoms with Crippen molar-refractivity contribution < 1.29 is 4.74 Å². The van der Waals surface area contributed by atoms with Gasteiger partial charge in [-0.3, -0.25) is 0 Å². The van der Waals surface area contributed by atoms with Crippen molar-refractivity contribution in [3.63, 3.8) is 0 Å². The van der Waals surface area contributed by atoms with Gasteiger partial charge in [-0.25, -0.2) is 0 Å². The van der Waals surface area contributed by atoms with Gasteiger partial charge in [-0.05, 0) is 12.2 Å². The van der Waals surface area contributed by atoms with Crippen LogP contribution in [-0.4, -0.2) is 6.16 Å². The lowest BCUT2D eigenvalue weighted by atomic mass is 10.4. The zero-order valence-electron chi connectivity index (χ0n) is 6.96. The smallest absolute Gasteiger partial charge is 0.168 e. The van der Waals surface area contributed by atoms with Crippen LogP contribution in [0.1, 0.15) is 6.42 Å². The van der Waals surface area contributed by atoms with Crippen LogP contribution >= 0.6 is 19.5 Å². The second-order valence-electron chi connectivity index (χ2n) is 3.18. The van der Waals surface area contributed by atoms with Gasteiger partial charge in [0.15, 0.2) is 5.50 Å². The standard InChI is InChI=1S/C10H8ClOP/c11-7-3-1-2-4-9(7)13-6-5-8-10(13)12-8/h1-4H,5-6H2. The van der Waals surface area contributed by atoms with Crippen LogP contribution in [0, 0.1) is 0 Å².